The van der Waals surface area contributed by atoms with Crippen LogP contribution in [0.15, 0.2) is 48.7 Å². The fourth-order valence-corrected chi connectivity index (χ4v) is 4.39. The van der Waals surface area contributed by atoms with Crippen LogP contribution < -0.4 is 9.64 Å². The molecule has 0 aliphatic carbocycles. The summed E-state index contributed by atoms with van der Waals surface area (Å²) < 4.78 is 5.49. The molecule has 0 radical (unpaired) electrons. The van der Waals surface area contributed by atoms with E-state index >= 15 is 0 Å². The van der Waals surface area contributed by atoms with Crippen molar-refractivity contribution in [3.05, 3.63) is 54.4 Å². The third kappa shape index (κ3) is 8.94. The molecule has 2 saturated heterocycles. The monoisotopic (exact) mass is 581 g/mol. The van der Waals surface area contributed by atoms with Crippen LogP contribution in [0.3, 0.4) is 0 Å². The number of carbonyl (C=O) groups is 2. The molecule has 36 heavy (non-hydrogen) atoms. The van der Waals surface area contributed by atoms with Gasteiger partial charge in [0.15, 0.2) is 0 Å². The van der Waals surface area contributed by atoms with Gasteiger partial charge in [-0.1, -0.05) is 18.2 Å². The molecule has 0 spiro atoms. The molecule has 0 saturated carbocycles. The van der Waals surface area contributed by atoms with E-state index < -0.39 is 0 Å². The zero-order valence-electron chi connectivity index (χ0n) is 20.3. The second kappa shape index (κ2) is 16.8. The van der Waals surface area contributed by atoms with Crippen molar-refractivity contribution in [2.24, 2.45) is 0 Å². The highest BCUT2D eigenvalue weighted by Crippen LogP contribution is 2.28. The van der Waals surface area contributed by atoms with E-state index in [0.29, 0.717) is 13.1 Å². The predicted octanol–water partition coefficient (Wildman–Crippen LogP) is 3.16. The van der Waals surface area contributed by atoms with Gasteiger partial charge in [-0.3, -0.25) is 29.3 Å². The van der Waals surface area contributed by atoms with Gasteiger partial charge in [-0.2, -0.15) is 0 Å². The Bertz CT molecular complexity index is 915. The SMILES string of the molecule is COc1ccccc1N1CCN(CCCN2C(=O)CN(Cc3ccccn3)CC2=O)CC1.Cl.Cl.Cl.Cl. The van der Waals surface area contributed by atoms with Crippen molar-refractivity contribution in [2.75, 3.05) is 64.4 Å². The molecule has 3 heterocycles. The van der Waals surface area contributed by atoms with E-state index in [1.54, 1.807) is 13.3 Å². The largest absolute Gasteiger partial charge is 0.495 e. The number of carbonyl (C=O) groups excluding carboxylic acids is 2. The number of hydrogen-bond donors (Lipinski definition) is 0. The number of piperazine rings is 2. The van der Waals surface area contributed by atoms with Crippen LogP contribution in [0.4, 0.5) is 5.69 Å². The van der Waals surface area contributed by atoms with Crippen molar-refractivity contribution in [3.63, 3.8) is 0 Å². The molecular weight excluding hydrogens is 548 g/mol. The van der Waals surface area contributed by atoms with Crippen molar-refractivity contribution in [1.29, 1.82) is 0 Å². The van der Waals surface area contributed by atoms with Crippen molar-refractivity contribution in [2.45, 2.75) is 13.0 Å². The van der Waals surface area contributed by atoms with Gasteiger partial charge in [0.25, 0.3) is 0 Å². The minimum absolute atomic E-state index is 0. The number of para-hydroxylation sites is 2. The number of aromatic nitrogens is 1. The molecule has 0 atom stereocenters. The summed E-state index contributed by atoms with van der Waals surface area (Å²) in [6, 6.07) is 13.8. The highest BCUT2D eigenvalue weighted by Gasteiger charge is 2.31. The summed E-state index contributed by atoms with van der Waals surface area (Å²) in [5.41, 5.74) is 2.00. The first-order valence-corrected chi connectivity index (χ1v) is 11.2. The van der Waals surface area contributed by atoms with Crippen molar-refractivity contribution in [3.8, 4) is 5.75 Å². The van der Waals surface area contributed by atoms with Crippen LogP contribution in [0.1, 0.15) is 12.1 Å². The second-order valence-corrected chi connectivity index (χ2v) is 8.26. The lowest BCUT2D eigenvalue weighted by Gasteiger charge is -2.37. The number of hydrogen-bond acceptors (Lipinski definition) is 7. The molecule has 4 rings (SSSR count). The summed E-state index contributed by atoms with van der Waals surface area (Å²) in [6.07, 6.45) is 2.53. The van der Waals surface area contributed by atoms with E-state index in [1.165, 1.54) is 4.90 Å². The smallest absolute Gasteiger partial charge is 0.243 e. The van der Waals surface area contributed by atoms with Crippen LogP contribution in [0.25, 0.3) is 0 Å². The Labute approximate surface area is 238 Å². The summed E-state index contributed by atoms with van der Waals surface area (Å²) in [7, 11) is 1.70. The topological polar surface area (TPSA) is 69.2 Å². The number of benzene rings is 1. The Morgan fingerprint density at radius 1 is 0.806 bits per heavy atom. The Hall–Kier alpha value is -1.81. The van der Waals surface area contributed by atoms with Gasteiger partial charge in [-0.25, -0.2) is 0 Å². The summed E-state index contributed by atoms with van der Waals surface area (Å²) in [5.74, 6) is 0.677. The Morgan fingerprint density at radius 3 is 2.06 bits per heavy atom. The maximum atomic E-state index is 12.6. The first-order valence-electron chi connectivity index (χ1n) is 11.2. The number of methoxy groups -OCH3 is 1. The molecule has 12 heteroatoms. The fourth-order valence-electron chi connectivity index (χ4n) is 4.39. The number of anilines is 1. The molecule has 2 aliphatic rings. The number of ether oxygens (including phenoxy) is 1. The predicted molar refractivity (Wildman–Crippen MR) is 151 cm³/mol. The molecule has 8 nitrogen and oxygen atoms in total. The Balaban J connectivity index is 0.00000306. The lowest BCUT2D eigenvalue weighted by molar-refractivity contribution is -0.151. The van der Waals surface area contributed by atoms with E-state index in [2.05, 4.69) is 20.9 Å². The van der Waals surface area contributed by atoms with E-state index in [9.17, 15) is 9.59 Å². The van der Waals surface area contributed by atoms with E-state index in [0.717, 1.165) is 56.3 Å². The maximum absolute atomic E-state index is 12.6. The van der Waals surface area contributed by atoms with Gasteiger partial charge >= 0.3 is 0 Å². The van der Waals surface area contributed by atoms with Gasteiger partial charge in [0.2, 0.25) is 11.8 Å². The summed E-state index contributed by atoms with van der Waals surface area (Å²) >= 11 is 0. The number of amides is 2. The third-order valence-corrected chi connectivity index (χ3v) is 6.09. The summed E-state index contributed by atoms with van der Waals surface area (Å²) in [4.78, 5) is 37.4. The minimum Gasteiger partial charge on any atom is -0.495 e. The zero-order valence-corrected chi connectivity index (χ0v) is 23.5. The zero-order chi connectivity index (χ0) is 22.3. The van der Waals surface area contributed by atoms with E-state index in [1.807, 2.05) is 41.3 Å². The van der Waals surface area contributed by atoms with E-state index in [4.69, 9.17) is 4.74 Å². The molecule has 0 N–H and O–H groups in total. The number of imide groups is 1. The first-order chi connectivity index (χ1) is 15.6. The second-order valence-electron chi connectivity index (χ2n) is 8.26. The molecule has 1 aromatic carbocycles. The molecule has 202 valence electrons. The number of pyridine rings is 1. The minimum atomic E-state index is -0.113. The number of rotatable bonds is 8. The average Bonchev–Trinajstić information content (AvgIpc) is 2.82. The normalized spacial score (nSPS) is 16.2. The van der Waals surface area contributed by atoms with Crippen LogP contribution in [0, 0.1) is 0 Å². The molecule has 0 bridgehead atoms. The molecular formula is C24H35Cl4N5O3. The quantitative estimate of drug-likeness (QED) is 0.443. The Morgan fingerprint density at radius 2 is 1.44 bits per heavy atom. The van der Waals surface area contributed by atoms with Crippen molar-refractivity contribution >= 4 is 67.1 Å². The van der Waals surface area contributed by atoms with Gasteiger partial charge in [-0.05, 0) is 37.2 Å². The molecule has 2 fully saturated rings. The summed E-state index contributed by atoms with van der Waals surface area (Å²) in [6.45, 7) is 6.20. The van der Waals surface area contributed by atoms with Gasteiger partial charge in [-0.15, -0.1) is 49.6 Å². The highest BCUT2D eigenvalue weighted by atomic mass is 35.5. The number of halogens is 4. The molecule has 2 amide bonds. The van der Waals surface area contributed by atoms with E-state index in [-0.39, 0.29) is 74.5 Å². The highest BCUT2D eigenvalue weighted by molar-refractivity contribution is 5.99. The van der Waals surface area contributed by atoms with Gasteiger partial charge in [0.05, 0.1) is 31.6 Å². The third-order valence-electron chi connectivity index (χ3n) is 6.09. The van der Waals surface area contributed by atoms with Gasteiger partial charge < -0.3 is 9.64 Å². The summed E-state index contributed by atoms with van der Waals surface area (Å²) in [5, 5.41) is 0. The molecule has 2 aromatic rings. The average molecular weight is 583 g/mol. The van der Waals surface area contributed by atoms with Crippen LogP contribution in [-0.2, 0) is 16.1 Å². The Kier molecular flexibility index (Phi) is 16.0. The van der Waals surface area contributed by atoms with Crippen molar-refractivity contribution < 1.29 is 14.3 Å². The number of nitrogens with zero attached hydrogens (tertiary/aromatic N) is 5. The van der Waals surface area contributed by atoms with Gasteiger partial charge in [0.1, 0.15) is 5.75 Å². The standard InChI is InChI=1S/C24H31N5O3.4ClH/c1-32-22-9-3-2-8-21(22)28-15-13-26(14-16-28)11-6-12-29-23(30)18-27(19-24(29)31)17-20-7-4-5-10-25-20;;;;/h2-5,7-10H,6,11-19H2,1H3;4*1H. The van der Waals surface area contributed by atoms with Crippen LogP contribution in [0.5, 0.6) is 5.75 Å². The fraction of sp³-hybridized carbons (Fsp3) is 0.458. The van der Waals surface area contributed by atoms with Crippen LogP contribution in [0.2, 0.25) is 0 Å². The lowest BCUT2D eigenvalue weighted by atomic mass is 10.2. The van der Waals surface area contributed by atoms with Gasteiger partial charge in [0, 0.05) is 45.5 Å². The first kappa shape index (κ1) is 34.2. The molecule has 1 aromatic heterocycles. The van der Waals surface area contributed by atoms with Crippen LogP contribution in [-0.4, -0.2) is 91.0 Å². The molecule has 2 aliphatic heterocycles. The van der Waals surface area contributed by atoms with Crippen molar-refractivity contribution in [1.82, 2.24) is 19.7 Å². The van der Waals surface area contributed by atoms with Crippen LogP contribution >= 0.6 is 49.6 Å². The lowest BCUT2D eigenvalue weighted by Crippen LogP contribution is -2.54. The maximum Gasteiger partial charge on any atom is 0.243 e. The molecule has 0 unspecified atom stereocenters.